The van der Waals surface area contributed by atoms with Crippen LogP contribution in [-0.4, -0.2) is 15.5 Å². The van der Waals surface area contributed by atoms with Gasteiger partial charge in [-0.05, 0) is 24.6 Å². The molecule has 0 aliphatic rings. The number of benzene rings is 2. The zero-order chi connectivity index (χ0) is 15.7. The molecule has 0 bridgehead atoms. The second kappa shape index (κ2) is 5.61. The molecule has 0 fully saturated rings. The third kappa shape index (κ3) is 2.35. The Bertz CT molecular complexity index is 877. The van der Waals surface area contributed by atoms with E-state index in [1.165, 1.54) is 4.57 Å². The van der Waals surface area contributed by atoms with Crippen LogP contribution in [0.1, 0.15) is 28.9 Å². The maximum absolute atomic E-state index is 12.5. The lowest BCUT2D eigenvalue weighted by molar-refractivity contribution is 0.0933. The first-order chi connectivity index (χ1) is 10.6. The molecular formula is C17H15NO4. The molecule has 0 radical (unpaired) electrons. The molecule has 22 heavy (non-hydrogen) atoms. The van der Waals surface area contributed by atoms with Crippen molar-refractivity contribution in [1.29, 1.82) is 0 Å². The maximum Gasteiger partial charge on any atom is 0.420 e. The Morgan fingerprint density at radius 2 is 1.95 bits per heavy atom. The number of aromatic nitrogens is 1. The van der Waals surface area contributed by atoms with Crippen LogP contribution in [0.3, 0.4) is 0 Å². The lowest BCUT2D eigenvalue weighted by Gasteiger charge is -2.11. The largest absolute Gasteiger partial charge is 0.420 e. The van der Waals surface area contributed by atoms with E-state index in [9.17, 15) is 9.59 Å². The molecule has 0 spiro atoms. The number of rotatable bonds is 4. The molecule has 1 aromatic heterocycles. The number of fused-ring (bicyclic) bond motifs is 1. The third-order valence-corrected chi connectivity index (χ3v) is 3.69. The molecule has 0 saturated carbocycles. The summed E-state index contributed by atoms with van der Waals surface area (Å²) in [5.41, 5.74) is 2.10. The van der Waals surface area contributed by atoms with Gasteiger partial charge in [-0.1, -0.05) is 36.4 Å². The van der Waals surface area contributed by atoms with Crippen molar-refractivity contribution in [2.45, 2.75) is 19.6 Å². The molecule has 1 heterocycles. The molecule has 1 unspecified atom stereocenters. The number of Topliss-reactive ketones (excluding diaryl/α,β-unsaturated/α-hetero) is 1. The predicted octanol–water partition coefficient (Wildman–Crippen LogP) is 2.53. The zero-order valence-electron chi connectivity index (χ0n) is 12.0. The Balaban J connectivity index is 2.08. The van der Waals surface area contributed by atoms with Gasteiger partial charge >= 0.3 is 5.76 Å². The number of nitrogens with zero attached hydrogens (tertiary/aromatic N) is 1. The topological polar surface area (TPSA) is 72.4 Å². The standard InChI is InChI=1S/C17H15NO4/c1-11(16(20)13-5-3-2-4-6-13)18-14-8-7-12(10-19)9-15(14)22-17(18)21/h2-9,11,19H,10H2,1H3. The fourth-order valence-corrected chi connectivity index (χ4v) is 2.51. The Hall–Kier alpha value is -2.66. The molecule has 0 amide bonds. The summed E-state index contributed by atoms with van der Waals surface area (Å²) in [6.45, 7) is 1.54. The van der Waals surface area contributed by atoms with Gasteiger partial charge < -0.3 is 9.52 Å². The number of ketones is 1. The summed E-state index contributed by atoms with van der Waals surface area (Å²) in [6.07, 6.45) is 0. The van der Waals surface area contributed by atoms with Crippen LogP contribution in [0.4, 0.5) is 0 Å². The first-order valence-corrected chi connectivity index (χ1v) is 6.96. The minimum atomic E-state index is -0.670. The van der Waals surface area contributed by atoms with Gasteiger partial charge in [0.1, 0.15) is 6.04 Å². The average molecular weight is 297 g/mol. The summed E-state index contributed by atoms with van der Waals surface area (Å²) in [7, 11) is 0. The summed E-state index contributed by atoms with van der Waals surface area (Å²) >= 11 is 0. The van der Waals surface area contributed by atoms with E-state index in [0.29, 0.717) is 22.2 Å². The average Bonchev–Trinajstić information content (AvgIpc) is 2.89. The third-order valence-electron chi connectivity index (χ3n) is 3.69. The normalized spacial score (nSPS) is 12.5. The first-order valence-electron chi connectivity index (χ1n) is 6.96. The summed E-state index contributed by atoms with van der Waals surface area (Å²) in [5.74, 6) is -0.737. The molecule has 0 aliphatic carbocycles. The summed E-state index contributed by atoms with van der Waals surface area (Å²) in [4.78, 5) is 24.6. The van der Waals surface area contributed by atoms with Gasteiger partial charge in [0.15, 0.2) is 11.4 Å². The Labute approximate surface area is 126 Å². The van der Waals surface area contributed by atoms with Crippen LogP contribution in [0, 0.1) is 0 Å². The minimum Gasteiger partial charge on any atom is -0.408 e. The van der Waals surface area contributed by atoms with Crippen molar-refractivity contribution in [2.24, 2.45) is 0 Å². The lowest BCUT2D eigenvalue weighted by atomic mass is 10.1. The molecule has 5 nitrogen and oxygen atoms in total. The number of aliphatic hydroxyl groups excluding tert-OH is 1. The quantitative estimate of drug-likeness (QED) is 0.751. The van der Waals surface area contributed by atoms with Gasteiger partial charge in [0, 0.05) is 5.56 Å². The van der Waals surface area contributed by atoms with E-state index >= 15 is 0 Å². The minimum absolute atomic E-state index is 0.136. The predicted molar refractivity (Wildman–Crippen MR) is 81.9 cm³/mol. The second-order valence-electron chi connectivity index (χ2n) is 5.10. The van der Waals surface area contributed by atoms with Crippen LogP contribution in [0.2, 0.25) is 0 Å². The first kappa shape index (κ1) is 14.3. The van der Waals surface area contributed by atoms with E-state index in [4.69, 9.17) is 9.52 Å². The molecular weight excluding hydrogens is 282 g/mol. The maximum atomic E-state index is 12.5. The lowest BCUT2D eigenvalue weighted by Crippen LogP contribution is -2.24. The van der Waals surface area contributed by atoms with Crippen molar-refractivity contribution < 1.29 is 14.3 Å². The van der Waals surface area contributed by atoms with Crippen LogP contribution in [0.5, 0.6) is 0 Å². The molecule has 1 atom stereocenters. The van der Waals surface area contributed by atoms with Crippen LogP contribution in [0.25, 0.3) is 11.1 Å². The van der Waals surface area contributed by atoms with Crippen LogP contribution in [0.15, 0.2) is 57.7 Å². The van der Waals surface area contributed by atoms with E-state index in [-0.39, 0.29) is 12.4 Å². The van der Waals surface area contributed by atoms with E-state index in [1.54, 1.807) is 49.4 Å². The monoisotopic (exact) mass is 297 g/mol. The van der Waals surface area contributed by atoms with E-state index in [1.807, 2.05) is 6.07 Å². The van der Waals surface area contributed by atoms with Crippen molar-refractivity contribution in [2.75, 3.05) is 0 Å². The molecule has 3 aromatic rings. The molecule has 0 saturated heterocycles. The van der Waals surface area contributed by atoms with Gasteiger partial charge in [0.2, 0.25) is 0 Å². The van der Waals surface area contributed by atoms with Gasteiger partial charge in [-0.2, -0.15) is 0 Å². The second-order valence-corrected chi connectivity index (χ2v) is 5.10. The van der Waals surface area contributed by atoms with Gasteiger partial charge in [-0.15, -0.1) is 0 Å². The van der Waals surface area contributed by atoms with E-state index in [0.717, 1.165) is 0 Å². The SMILES string of the molecule is CC(C(=O)c1ccccc1)n1c(=O)oc2cc(CO)ccc21. The highest BCUT2D eigenvalue weighted by atomic mass is 16.4. The highest BCUT2D eigenvalue weighted by Gasteiger charge is 2.22. The van der Waals surface area contributed by atoms with Gasteiger partial charge in [-0.25, -0.2) is 4.79 Å². The molecule has 112 valence electrons. The fourth-order valence-electron chi connectivity index (χ4n) is 2.51. The number of carbonyl (C=O) groups is 1. The fraction of sp³-hybridized carbons (Fsp3) is 0.176. The summed E-state index contributed by atoms with van der Waals surface area (Å²) in [6, 6.07) is 13.1. The molecule has 2 aromatic carbocycles. The van der Waals surface area contributed by atoms with Gasteiger partial charge in [-0.3, -0.25) is 9.36 Å². The van der Waals surface area contributed by atoms with Crippen molar-refractivity contribution in [3.05, 3.63) is 70.2 Å². The van der Waals surface area contributed by atoms with E-state index in [2.05, 4.69) is 0 Å². The van der Waals surface area contributed by atoms with Gasteiger partial charge in [0.25, 0.3) is 0 Å². The Morgan fingerprint density at radius 1 is 1.23 bits per heavy atom. The summed E-state index contributed by atoms with van der Waals surface area (Å²) in [5, 5.41) is 9.14. The molecule has 0 aliphatic heterocycles. The van der Waals surface area contributed by atoms with Crippen molar-refractivity contribution >= 4 is 16.9 Å². The molecule has 1 N–H and O–H groups in total. The van der Waals surface area contributed by atoms with Crippen molar-refractivity contribution in [3.63, 3.8) is 0 Å². The molecule has 3 rings (SSSR count). The Morgan fingerprint density at radius 3 is 2.64 bits per heavy atom. The smallest absolute Gasteiger partial charge is 0.408 e. The highest BCUT2D eigenvalue weighted by Crippen LogP contribution is 2.21. The number of oxazole rings is 1. The van der Waals surface area contributed by atoms with E-state index < -0.39 is 11.8 Å². The van der Waals surface area contributed by atoms with Crippen LogP contribution >= 0.6 is 0 Å². The van der Waals surface area contributed by atoms with Crippen LogP contribution in [-0.2, 0) is 6.61 Å². The Kier molecular flexibility index (Phi) is 3.65. The van der Waals surface area contributed by atoms with Gasteiger partial charge in [0.05, 0.1) is 12.1 Å². The number of aliphatic hydroxyl groups is 1. The zero-order valence-corrected chi connectivity index (χ0v) is 12.0. The highest BCUT2D eigenvalue weighted by molar-refractivity contribution is 5.99. The van der Waals surface area contributed by atoms with Crippen molar-refractivity contribution in [3.8, 4) is 0 Å². The molecule has 5 heteroatoms. The summed E-state index contributed by atoms with van der Waals surface area (Å²) < 4.78 is 6.53. The van der Waals surface area contributed by atoms with Crippen molar-refractivity contribution in [1.82, 2.24) is 4.57 Å². The number of hydrogen-bond acceptors (Lipinski definition) is 4. The van der Waals surface area contributed by atoms with Crippen LogP contribution < -0.4 is 5.76 Å². The number of carbonyl (C=O) groups excluding carboxylic acids is 1. The number of hydrogen-bond donors (Lipinski definition) is 1.